The normalized spacial score (nSPS) is 61.6. The number of hydrogen-bond donors (Lipinski definition) is 5. The minimum absolute atomic E-state index is 0.0170. The van der Waals surface area contributed by atoms with E-state index in [4.69, 9.17) is 0 Å². The zero-order valence-corrected chi connectivity index (χ0v) is 20.8. The Morgan fingerprint density at radius 2 is 1.68 bits per heavy atom. The van der Waals surface area contributed by atoms with Gasteiger partial charge in [0.05, 0.1) is 23.4 Å². The van der Waals surface area contributed by atoms with Crippen LogP contribution < -0.4 is 0 Å². The van der Waals surface area contributed by atoms with Crippen LogP contribution in [0.15, 0.2) is 0 Å². The van der Waals surface area contributed by atoms with Crippen LogP contribution in [-0.4, -0.2) is 84.9 Å². The molecule has 5 N–H and O–H groups in total. The van der Waals surface area contributed by atoms with Crippen LogP contribution in [0.3, 0.4) is 0 Å². The maximum Gasteiger partial charge on any atom is 0.165 e. The van der Waals surface area contributed by atoms with Crippen LogP contribution >= 0.6 is 0 Å². The summed E-state index contributed by atoms with van der Waals surface area (Å²) in [7, 11) is 0. The maximum absolute atomic E-state index is 13.4. The summed E-state index contributed by atoms with van der Waals surface area (Å²) in [6.07, 6.45) is 1.87. The smallest absolute Gasteiger partial charge is 0.165 e. The highest BCUT2D eigenvalue weighted by molar-refractivity contribution is 5.88. The fraction of sp³-hybridized carbons (Fsp3) is 0.963. The molecule has 6 rings (SSSR count). The molecule has 2 aliphatic heterocycles. The number of aliphatic hydroxyl groups excluding tert-OH is 3. The number of carbonyl (C=O) groups excluding carboxylic acids is 1. The molecular formula is C27H43NO6. The molecule has 4 aliphatic carbocycles. The largest absolute Gasteiger partial charge is 0.393 e. The summed E-state index contributed by atoms with van der Waals surface area (Å²) in [5, 5.41) is 57.1. The first kappa shape index (κ1) is 23.8. The van der Waals surface area contributed by atoms with Gasteiger partial charge in [-0.25, -0.2) is 0 Å². The Bertz CT molecular complexity index is 864. The van der Waals surface area contributed by atoms with Crippen LogP contribution in [-0.2, 0) is 4.79 Å². The molecule has 7 nitrogen and oxygen atoms in total. The van der Waals surface area contributed by atoms with E-state index < -0.39 is 41.3 Å². The fourth-order valence-corrected chi connectivity index (χ4v) is 10.5. The summed E-state index contributed by atoms with van der Waals surface area (Å²) >= 11 is 0. The van der Waals surface area contributed by atoms with Crippen LogP contribution in [0.25, 0.3) is 0 Å². The first-order chi connectivity index (χ1) is 15.9. The average Bonchev–Trinajstić information content (AvgIpc) is 3.06. The predicted molar refractivity (Wildman–Crippen MR) is 124 cm³/mol. The maximum atomic E-state index is 13.4. The number of aliphatic hydroxyl groups is 5. The lowest BCUT2D eigenvalue weighted by atomic mass is 9.50. The molecule has 192 valence electrons. The summed E-state index contributed by atoms with van der Waals surface area (Å²) in [5.74, 6) is -1.30. The second kappa shape index (κ2) is 7.48. The Morgan fingerprint density at radius 1 is 0.941 bits per heavy atom. The summed E-state index contributed by atoms with van der Waals surface area (Å²) in [4.78, 5) is 15.8. The molecule has 0 spiro atoms. The van der Waals surface area contributed by atoms with Crippen molar-refractivity contribution in [3.63, 3.8) is 0 Å². The van der Waals surface area contributed by atoms with Gasteiger partial charge in [-0.3, -0.25) is 9.69 Å². The molecule has 2 saturated heterocycles. The number of hydrogen-bond acceptors (Lipinski definition) is 7. The SMILES string of the molecule is CC1CCC2N(C1)CC1C3CC4C(C(O)C(=O)C5CC(O)CC[C@@]54C)C3(O)CC(O)C1[C@]2(C)O. The molecule has 6 fully saturated rings. The van der Waals surface area contributed by atoms with Gasteiger partial charge in [0.1, 0.15) is 6.10 Å². The van der Waals surface area contributed by atoms with E-state index in [-0.39, 0.29) is 47.3 Å². The summed E-state index contributed by atoms with van der Waals surface area (Å²) in [6, 6.07) is 0.0170. The van der Waals surface area contributed by atoms with Gasteiger partial charge in [0.15, 0.2) is 5.78 Å². The number of rotatable bonds is 0. The lowest BCUT2D eigenvalue weighted by molar-refractivity contribution is -0.244. The Hall–Kier alpha value is -0.570. The van der Waals surface area contributed by atoms with Crippen LogP contribution in [0.5, 0.6) is 0 Å². The highest BCUT2D eigenvalue weighted by atomic mass is 16.3. The molecule has 0 aromatic rings. The van der Waals surface area contributed by atoms with E-state index in [1.807, 2.05) is 6.92 Å². The van der Waals surface area contributed by atoms with Crippen molar-refractivity contribution in [1.82, 2.24) is 4.90 Å². The number of nitrogens with zero attached hydrogens (tertiary/aromatic N) is 1. The lowest BCUT2D eigenvalue weighted by Crippen LogP contribution is -2.72. The van der Waals surface area contributed by atoms with Crippen molar-refractivity contribution in [2.45, 2.75) is 101 Å². The zero-order chi connectivity index (χ0) is 24.4. The third-order valence-electron chi connectivity index (χ3n) is 11.9. The third-order valence-corrected chi connectivity index (χ3v) is 11.9. The van der Waals surface area contributed by atoms with Crippen molar-refractivity contribution >= 4 is 5.78 Å². The molecule has 4 saturated carbocycles. The molecule has 12 unspecified atom stereocenters. The number of ketones is 1. The van der Waals surface area contributed by atoms with Crippen LogP contribution in [0.2, 0.25) is 0 Å². The van der Waals surface area contributed by atoms with Gasteiger partial charge in [0.2, 0.25) is 0 Å². The molecular weight excluding hydrogens is 434 g/mol. The standard InChI is InChI=1S/C27H43NO6/c1-13-4-5-20-26(3,33)21-15(12-28(20)11-13)16-9-17-22(27(16,34)10-19(21)30)24(32)23(31)18-8-14(29)6-7-25(17,18)2/h13-22,24,29-30,32-34H,4-12H2,1-3H3/t13?,14?,15?,16?,17?,18?,19?,20?,21?,22?,24?,25-,26-,27?/m1/s1. The summed E-state index contributed by atoms with van der Waals surface area (Å²) < 4.78 is 0. The summed E-state index contributed by atoms with van der Waals surface area (Å²) in [5.41, 5.74) is -2.74. The topological polar surface area (TPSA) is 121 Å². The zero-order valence-electron chi connectivity index (χ0n) is 20.8. The number of piperidine rings is 2. The van der Waals surface area contributed by atoms with Crippen molar-refractivity contribution in [3.05, 3.63) is 0 Å². The molecule has 7 heteroatoms. The predicted octanol–water partition coefficient (Wildman–Crippen LogP) is 0.943. The second-order valence-corrected chi connectivity index (χ2v) is 13.6. The molecule has 0 aromatic carbocycles. The van der Waals surface area contributed by atoms with Crippen molar-refractivity contribution in [2.24, 2.45) is 46.8 Å². The molecule has 2 heterocycles. The first-order valence-electron chi connectivity index (χ1n) is 13.7. The van der Waals surface area contributed by atoms with E-state index in [1.54, 1.807) is 0 Å². The highest BCUT2D eigenvalue weighted by Crippen LogP contribution is 2.68. The van der Waals surface area contributed by atoms with Crippen LogP contribution in [0.1, 0.15) is 65.7 Å². The van der Waals surface area contributed by atoms with Crippen LogP contribution in [0.4, 0.5) is 0 Å². The van der Waals surface area contributed by atoms with Crippen LogP contribution in [0, 0.1) is 46.8 Å². The monoisotopic (exact) mass is 477 g/mol. The van der Waals surface area contributed by atoms with Gasteiger partial charge in [0.25, 0.3) is 0 Å². The Kier molecular flexibility index (Phi) is 5.24. The Balaban J connectivity index is 1.40. The van der Waals surface area contributed by atoms with E-state index in [0.29, 0.717) is 31.6 Å². The minimum atomic E-state index is -1.32. The molecule has 6 aliphatic rings. The van der Waals surface area contributed by atoms with Crippen molar-refractivity contribution < 1.29 is 30.3 Å². The van der Waals surface area contributed by atoms with Gasteiger partial charge in [0, 0.05) is 43.3 Å². The first-order valence-corrected chi connectivity index (χ1v) is 13.7. The van der Waals surface area contributed by atoms with E-state index in [2.05, 4.69) is 18.7 Å². The third kappa shape index (κ3) is 2.94. The van der Waals surface area contributed by atoms with Crippen molar-refractivity contribution in [2.75, 3.05) is 13.1 Å². The lowest BCUT2D eigenvalue weighted by Gasteiger charge is -2.62. The number of Topliss-reactive ketones (excluding diaryl/α,β-unsaturated/α-hetero) is 1. The van der Waals surface area contributed by atoms with Gasteiger partial charge in [-0.05, 0) is 74.5 Å². The average molecular weight is 478 g/mol. The van der Waals surface area contributed by atoms with E-state index >= 15 is 0 Å². The van der Waals surface area contributed by atoms with Crippen molar-refractivity contribution in [1.29, 1.82) is 0 Å². The Labute approximate surface area is 202 Å². The highest BCUT2D eigenvalue weighted by Gasteiger charge is 2.73. The molecule has 0 bridgehead atoms. The van der Waals surface area contributed by atoms with Gasteiger partial charge in [-0.2, -0.15) is 0 Å². The molecule has 34 heavy (non-hydrogen) atoms. The van der Waals surface area contributed by atoms with Crippen molar-refractivity contribution in [3.8, 4) is 0 Å². The molecule has 14 atom stereocenters. The van der Waals surface area contributed by atoms with Gasteiger partial charge in [-0.1, -0.05) is 13.8 Å². The molecule has 0 aromatic heterocycles. The minimum Gasteiger partial charge on any atom is -0.393 e. The van der Waals surface area contributed by atoms with E-state index in [9.17, 15) is 30.3 Å². The van der Waals surface area contributed by atoms with Gasteiger partial charge in [-0.15, -0.1) is 0 Å². The van der Waals surface area contributed by atoms with Gasteiger partial charge >= 0.3 is 0 Å². The quantitative estimate of drug-likeness (QED) is 0.352. The Morgan fingerprint density at radius 3 is 2.41 bits per heavy atom. The van der Waals surface area contributed by atoms with E-state index in [0.717, 1.165) is 25.9 Å². The van der Waals surface area contributed by atoms with Gasteiger partial charge < -0.3 is 25.5 Å². The second-order valence-electron chi connectivity index (χ2n) is 13.6. The molecule has 0 radical (unpaired) electrons. The number of fused-ring (bicyclic) bond motifs is 8. The summed E-state index contributed by atoms with van der Waals surface area (Å²) in [6.45, 7) is 7.90. The molecule has 0 amide bonds. The number of carbonyl (C=O) groups is 1. The fourth-order valence-electron chi connectivity index (χ4n) is 10.5. The van der Waals surface area contributed by atoms with E-state index in [1.165, 1.54) is 0 Å².